The first-order valence-corrected chi connectivity index (χ1v) is 9.29. The lowest BCUT2D eigenvalue weighted by atomic mass is 10.1. The van der Waals surface area contributed by atoms with Crippen LogP contribution in [0, 0.1) is 5.82 Å². The normalized spacial score (nSPS) is 10.9. The number of primary amides is 1. The second kappa shape index (κ2) is 7.79. The second-order valence-electron chi connectivity index (χ2n) is 7.00. The highest BCUT2D eigenvalue weighted by Gasteiger charge is 2.15. The highest BCUT2D eigenvalue weighted by Crippen LogP contribution is 2.24. The molecular formula is C23H19FN4O2. The van der Waals surface area contributed by atoms with E-state index in [9.17, 15) is 14.0 Å². The van der Waals surface area contributed by atoms with E-state index in [0.29, 0.717) is 23.1 Å². The number of nitrogens with two attached hydrogens (primary N) is 1. The number of rotatable bonds is 5. The van der Waals surface area contributed by atoms with Crippen LogP contribution < -0.4 is 16.1 Å². The van der Waals surface area contributed by atoms with E-state index in [4.69, 9.17) is 5.73 Å². The van der Waals surface area contributed by atoms with Crippen molar-refractivity contribution < 1.29 is 9.18 Å². The number of nitrogens with zero attached hydrogens (tertiary/aromatic N) is 3. The van der Waals surface area contributed by atoms with Crippen LogP contribution in [0.25, 0.3) is 16.6 Å². The van der Waals surface area contributed by atoms with Crippen LogP contribution in [-0.2, 0) is 6.54 Å². The molecule has 0 fully saturated rings. The van der Waals surface area contributed by atoms with Crippen LogP contribution in [0.3, 0.4) is 0 Å². The Morgan fingerprint density at radius 3 is 2.60 bits per heavy atom. The molecular weight excluding hydrogens is 383 g/mol. The maximum absolute atomic E-state index is 13.4. The summed E-state index contributed by atoms with van der Waals surface area (Å²) in [7, 11) is 1.91. The highest BCUT2D eigenvalue weighted by atomic mass is 19.1. The second-order valence-corrected chi connectivity index (χ2v) is 7.00. The van der Waals surface area contributed by atoms with Crippen molar-refractivity contribution in [2.75, 3.05) is 11.9 Å². The van der Waals surface area contributed by atoms with Gasteiger partial charge in [-0.25, -0.2) is 4.39 Å². The van der Waals surface area contributed by atoms with Crippen LogP contribution in [0.4, 0.5) is 10.1 Å². The molecule has 0 aliphatic heterocycles. The standard InChI is InChI=1S/C23H19FN4O2/c1-27(13-15-3-2-10-26-12-15)18-8-9-21-19(11-18)22(29)20(23(25)30)14-28(21)17-6-4-16(24)5-7-17/h2-12,14H,13H2,1H3,(H2,25,30). The number of benzene rings is 2. The van der Waals surface area contributed by atoms with Gasteiger partial charge in [-0.3, -0.25) is 14.6 Å². The predicted molar refractivity (Wildman–Crippen MR) is 114 cm³/mol. The predicted octanol–water partition coefficient (Wildman–Crippen LogP) is 3.26. The molecule has 7 heteroatoms. The van der Waals surface area contributed by atoms with E-state index in [2.05, 4.69) is 4.98 Å². The molecule has 2 aromatic carbocycles. The number of amides is 1. The summed E-state index contributed by atoms with van der Waals surface area (Å²) in [5.41, 5.74) is 7.91. The Morgan fingerprint density at radius 1 is 1.17 bits per heavy atom. The van der Waals surface area contributed by atoms with Gasteiger partial charge in [0.2, 0.25) is 5.43 Å². The highest BCUT2D eigenvalue weighted by molar-refractivity contribution is 5.97. The van der Waals surface area contributed by atoms with Crippen molar-refractivity contribution in [3.63, 3.8) is 0 Å². The molecule has 0 bridgehead atoms. The smallest absolute Gasteiger partial charge is 0.254 e. The van der Waals surface area contributed by atoms with Crippen LogP contribution in [0.5, 0.6) is 0 Å². The first-order valence-electron chi connectivity index (χ1n) is 9.29. The number of aromatic nitrogens is 2. The summed E-state index contributed by atoms with van der Waals surface area (Å²) >= 11 is 0. The van der Waals surface area contributed by atoms with Crippen molar-refractivity contribution in [3.8, 4) is 5.69 Å². The van der Waals surface area contributed by atoms with Crippen molar-refractivity contribution in [3.05, 3.63) is 100 Å². The molecule has 6 nitrogen and oxygen atoms in total. The number of hydrogen-bond donors (Lipinski definition) is 1. The van der Waals surface area contributed by atoms with Crippen LogP contribution in [0.15, 0.2) is 78.0 Å². The van der Waals surface area contributed by atoms with Crippen molar-refractivity contribution in [1.82, 2.24) is 9.55 Å². The first kappa shape index (κ1) is 19.3. The molecule has 0 spiro atoms. The lowest BCUT2D eigenvalue weighted by Crippen LogP contribution is -2.24. The summed E-state index contributed by atoms with van der Waals surface area (Å²) in [4.78, 5) is 30.9. The minimum Gasteiger partial charge on any atom is -0.370 e. The molecule has 0 unspecified atom stereocenters. The Hall–Kier alpha value is -4.00. The zero-order valence-corrected chi connectivity index (χ0v) is 16.2. The number of fused-ring (bicyclic) bond motifs is 1. The number of hydrogen-bond acceptors (Lipinski definition) is 4. The number of pyridine rings is 2. The SMILES string of the molecule is CN(Cc1cccnc1)c1ccc2c(c1)c(=O)c(C(N)=O)cn2-c1ccc(F)cc1. The zero-order valence-electron chi connectivity index (χ0n) is 16.2. The van der Waals surface area contributed by atoms with Gasteiger partial charge in [0.15, 0.2) is 0 Å². The summed E-state index contributed by atoms with van der Waals surface area (Å²) in [6.07, 6.45) is 4.90. The third-order valence-corrected chi connectivity index (χ3v) is 4.94. The van der Waals surface area contributed by atoms with Gasteiger partial charge in [0.05, 0.1) is 5.52 Å². The Kier molecular flexibility index (Phi) is 5.02. The van der Waals surface area contributed by atoms with Crippen LogP contribution in [0.1, 0.15) is 15.9 Å². The zero-order chi connectivity index (χ0) is 21.3. The molecule has 2 aromatic heterocycles. The summed E-state index contributed by atoms with van der Waals surface area (Å²) in [5, 5.41) is 0.353. The maximum Gasteiger partial charge on any atom is 0.254 e. The molecule has 0 atom stereocenters. The number of carbonyl (C=O) groups excluding carboxylic acids is 1. The average Bonchev–Trinajstić information content (AvgIpc) is 2.75. The lowest BCUT2D eigenvalue weighted by Gasteiger charge is -2.21. The molecule has 0 saturated carbocycles. The van der Waals surface area contributed by atoms with Gasteiger partial charge in [0.25, 0.3) is 5.91 Å². The van der Waals surface area contributed by atoms with Gasteiger partial charge in [0, 0.05) is 48.9 Å². The van der Waals surface area contributed by atoms with E-state index in [0.717, 1.165) is 11.3 Å². The lowest BCUT2D eigenvalue weighted by molar-refractivity contribution is 0.0999. The fourth-order valence-electron chi connectivity index (χ4n) is 3.40. The number of anilines is 1. The molecule has 0 saturated heterocycles. The average molecular weight is 402 g/mol. The number of carbonyl (C=O) groups is 1. The van der Waals surface area contributed by atoms with Gasteiger partial charge in [-0.15, -0.1) is 0 Å². The van der Waals surface area contributed by atoms with Gasteiger partial charge in [-0.1, -0.05) is 6.07 Å². The monoisotopic (exact) mass is 402 g/mol. The van der Waals surface area contributed by atoms with Gasteiger partial charge in [-0.2, -0.15) is 0 Å². The van der Waals surface area contributed by atoms with Crippen molar-refractivity contribution in [1.29, 1.82) is 0 Å². The fourth-order valence-corrected chi connectivity index (χ4v) is 3.40. The summed E-state index contributed by atoms with van der Waals surface area (Å²) in [6, 6.07) is 15.1. The van der Waals surface area contributed by atoms with Crippen LogP contribution in [-0.4, -0.2) is 22.5 Å². The van der Waals surface area contributed by atoms with Crippen LogP contribution >= 0.6 is 0 Å². The van der Waals surface area contributed by atoms with E-state index in [1.165, 1.54) is 18.3 Å². The fraction of sp³-hybridized carbons (Fsp3) is 0.0870. The van der Waals surface area contributed by atoms with Crippen molar-refractivity contribution >= 4 is 22.5 Å². The van der Waals surface area contributed by atoms with E-state index in [1.807, 2.05) is 30.1 Å². The van der Waals surface area contributed by atoms with Crippen molar-refractivity contribution in [2.45, 2.75) is 6.54 Å². The van der Waals surface area contributed by atoms with E-state index in [-0.39, 0.29) is 11.4 Å². The van der Waals surface area contributed by atoms with Crippen molar-refractivity contribution in [2.24, 2.45) is 5.73 Å². The quantitative estimate of drug-likeness (QED) is 0.556. The number of halogens is 1. The largest absolute Gasteiger partial charge is 0.370 e. The molecule has 4 rings (SSSR count). The van der Waals surface area contributed by atoms with Gasteiger partial charge < -0.3 is 15.2 Å². The van der Waals surface area contributed by atoms with Gasteiger partial charge in [-0.05, 0) is 54.1 Å². The summed E-state index contributed by atoms with van der Waals surface area (Å²) < 4.78 is 15.0. The molecule has 2 N–H and O–H groups in total. The minimum atomic E-state index is -0.813. The third kappa shape index (κ3) is 3.65. The minimum absolute atomic E-state index is 0.126. The molecule has 150 valence electrons. The summed E-state index contributed by atoms with van der Waals surface area (Å²) in [5.74, 6) is -1.19. The maximum atomic E-state index is 13.4. The Labute approximate surface area is 172 Å². The topological polar surface area (TPSA) is 81.2 Å². The van der Waals surface area contributed by atoms with E-state index >= 15 is 0 Å². The molecule has 1 amide bonds. The molecule has 0 aliphatic carbocycles. The molecule has 0 radical (unpaired) electrons. The Morgan fingerprint density at radius 2 is 1.93 bits per heavy atom. The van der Waals surface area contributed by atoms with Gasteiger partial charge in [0.1, 0.15) is 11.4 Å². The molecule has 0 aliphatic rings. The van der Waals surface area contributed by atoms with Gasteiger partial charge >= 0.3 is 0 Å². The van der Waals surface area contributed by atoms with Crippen LogP contribution in [0.2, 0.25) is 0 Å². The Balaban J connectivity index is 1.86. The molecule has 30 heavy (non-hydrogen) atoms. The molecule has 4 aromatic rings. The van der Waals surface area contributed by atoms with E-state index in [1.54, 1.807) is 41.2 Å². The first-order chi connectivity index (χ1) is 14.4. The Bertz CT molecular complexity index is 1280. The van der Waals surface area contributed by atoms with E-state index < -0.39 is 11.3 Å². The summed E-state index contributed by atoms with van der Waals surface area (Å²) in [6.45, 7) is 0.598. The molecule has 2 heterocycles. The third-order valence-electron chi connectivity index (χ3n) is 4.94.